The normalized spacial score (nSPS) is 24.0. The summed E-state index contributed by atoms with van der Waals surface area (Å²) in [6, 6.07) is 5.57. The Labute approximate surface area is 113 Å². The van der Waals surface area contributed by atoms with Crippen molar-refractivity contribution in [3.8, 4) is 0 Å². The molecule has 1 aliphatic carbocycles. The third-order valence-corrected chi connectivity index (χ3v) is 4.34. The molecule has 1 heterocycles. The number of aryl methyl sites for hydroxylation is 1. The van der Waals surface area contributed by atoms with Crippen LogP contribution in [0, 0.1) is 12.7 Å². The van der Waals surface area contributed by atoms with E-state index in [-0.39, 0.29) is 11.9 Å². The number of nitrogens with zero attached hydrogens (tertiary/aromatic N) is 2. The number of benzene rings is 1. The molecule has 0 amide bonds. The van der Waals surface area contributed by atoms with E-state index in [9.17, 15) is 4.39 Å². The van der Waals surface area contributed by atoms with Crippen LogP contribution in [0.25, 0.3) is 0 Å². The van der Waals surface area contributed by atoms with Crippen molar-refractivity contribution in [2.24, 2.45) is 10.7 Å². The highest BCUT2D eigenvalue weighted by atomic mass is 19.1. The molecule has 19 heavy (non-hydrogen) atoms. The predicted octanol–water partition coefficient (Wildman–Crippen LogP) is 2.75. The Kier molecular flexibility index (Phi) is 3.17. The Hall–Kier alpha value is -1.58. The minimum atomic E-state index is -0.183. The molecular formula is C15H20FN3. The topological polar surface area (TPSA) is 41.6 Å². The van der Waals surface area contributed by atoms with Crippen LogP contribution in [0.3, 0.4) is 0 Å². The largest absolute Gasteiger partial charge is 0.370 e. The first-order valence-electron chi connectivity index (χ1n) is 7.01. The fourth-order valence-electron chi connectivity index (χ4n) is 3.35. The quantitative estimate of drug-likeness (QED) is 0.889. The summed E-state index contributed by atoms with van der Waals surface area (Å²) in [6.45, 7) is 2.67. The fourth-order valence-corrected chi connectivity index (χ4v) is 3.35. The minimum absolute atomic E-state index is 0.110. The van der Waals surface area contributed by atoms with Gasteiger partial charge in [-0.15, -0.1) is 0 Å². The Bertz CT molecular complexity index is 506. The molecule has 2 aliphatic rings. The van der Waals surface area contributed by atoms with Crippen molar-refractivity contribution in [2.75, 3.05) is 6.54 Å². The molecule has 1 fully saturated rings. The van der Waals surface area contributed by atoms with Crippen molar-refractivity contribution in [1.29, 1.82) is 0 Å². The van der Waals surface area contributed by atoms with E-state index >= 15 is 0 Å². The molecule has 0 spiro atoms. The average molecular weight is 261 g/mol. The van der Waals surface area contributed by atoms with Crippen LogP contribution in [-0.2, 0) is 0 Å². The van der Waals surface area contributed by atoms with E-state index in [4.69, 9.17) is 5.73 Å². The molecule has 102 valence electrons. The van der Waals surface area contributed by atoms with Gasteiger partial charge in [0.2, 0.25) is 0 Å². The fraction of sp³-hybridized carbons (Fsp3) is 0.533. The summed E-state index contributed by atoms with van der Waals surface area (Å²) in [7, 11) is 0. The van der Waals surface area contributed by atoms with Gasteiger partial charge >= 0.3 is 0 Å². The van der Waals surface area contributed by atoms with E-state index in [2.05, 4.69) is 9.89 Å². The minimum Gasteiger partial charge on any atom is -0.370 e. The van der Waals surface area contributed by atoms with E-state index < -0.39 is 0 Å². The highest BCUT2D eigenvalue weighted by Gasteiger charge is 2.35. The lowest BCUT2D eigenvalue weighted by molar-refractivity contribution is 0.261. The maximum absolute atomic E-state index is 13.5. The van der Waals surface area contributed by atoms with Gasteiger partial charge in [-0.3, -0.25) is 4.99 Å². The average Bonchev–Trinajstić information content (AvgIpc) is 3.01. The van der Waals surface area contributed by atoms with E-state index in [0.29, 0.717) is 18.5 Å². The lowest BCUT2D eigenvalue weighted by Gasteiger charge is -2.33. The summed E-state index contributed by atoms with van der Waals surface area (Å²) in [6.07, 6.45) is 4.84. The van der Waals surface area contributed by atoms with Gasteiger partial charge in [0.25, 0.3) is 0 Å². The molecular weight excluding hydrogens is 241 g/mol. The molecule has 0 saturated heterocycles. The smallest absolute Gasteiger partial charge is 0.192 e. The molecule has 1 atom stereocenters. The van der Waals surface area contributed by atoms with Crippen molar-refractivity contribution < 1.29 is 4.39 Å². The van der Waals surface area contributed by atoms with Crippen molar-refractivity contribution in [3.05, 3.63) is 35.1 Å². The Morgan fingerprint density at radius 3 is 2.79 bits per heavy atom. The van der Waals surface area contributed by atoms with E-state index in [0.717, 1.165) is 11.1 Å². The standard InChI is InChI=1S/C15H20FN3/c1-10-6-7-11(16)8-13(10)14-9-18-15(17)19(14)12-4-2-3-5-12/h6-8,12,14H,2-5,9H2,1H3,(H2,17,18). The molecule has 1 aromatic carbocycles. The summed E-state index contributed by atoms with van der Waals surface area (Å²) < 4.78 is 13.5. The molecule has 4 heteroatoms. The molecule has 3 nitrogen and oxygen atoms in total. The molecule has 1 aliphatic heterocycles. The Balaban J connectivity index is 1.93. The first-order valence-corrected chi connectivity index (χ1v) is 7.01. The third kappa shape index (κ3) is 2.20. The van der Waals surface area contributed by atoms with Crippen LogP contribution >= 0.6 is 0 Å². The molecule has 1 saturated carbocycles. The zero-order chi connectivity index (χ0) is 13.4. The van der Waals surface area contributed by atoms with Gasteiger partial charge in [0.15, 0.2) is 5.96 Å². The number of aliphatic imine (C=N–C) groups is 1. The summed E-state index contributed by atoms with van der Waals surface area (Å²) in [5, 5.41) is 0. The van der Waals surface area contributed by atoms with E-state index in [1.165, 1.54) is 31.7 Å². The number of nitrogens with two attached hydrogens (primary N) is 1. The van der Waals surface area contributed by atoms with Gasteiger partial charge in [-0.25, -0.2) is 4.39 Å². The van der Waals surface area contributed by atoms with Crippen LogP contribution in [0.2, 0.25) is 0 Å². The zero-order valence-corrected chi connectivity index (χ0v) is 11.3. The number of halogens is 1. The second-order valence-corrected chi connectivity index (χ2v) is 5.56. The van der Waals surface area contributed by atoms with Crippen LogP contribution in [0.15, 0.2) is 23.2 Å². The van der Waals surface area contributed by atoms with Gasteiger partial charge < -0.3 is 10.6 Å². The monoisotopic (exact) mass is 261 g/mol. The predicted molar refractivity (Wildman–Crippen MR) is 74.5 cm³/mol. The van der Waals surface area contributed by atoms with Gasteiger partial charge in [0.1, 0.15) is 5.82 Å². The maximum atomic E-state index is 13.5. The Morgan fingerprint density at radius 1 is 1.32 bits per heavy atom. The highest BCUT2D eigenvalue weighted by molar-refractivity contribution is 5.81. The van der Waals surface area contributed by atoms with Crippen LogP contribution in [0.4, 0.5) is 4.39 Å². The van der Waals surface area contributed by atoms with Gasteiger partial charge in [-0.1, -0.05) is 18.9 Å². The Morgan fingerprint density at radius 2 is 2.05 bits per heavy atom. The molecule has 0 radical (unpaired) electrons. The van der Waals surface area contributed by atoms with Crippen LogP contribution in [0.5, 0.6) is 0 Å². The lowest BCUT2D eigenvalue weighted by Crippen LogP contribution is -2.42. The summed E-state index contributed by atoms with van der Waals surface area (Å²) >= 11 is 0. The van der Waals surface area contributed by atoms with Crippen LogP contribution in [0.1, 0.15) is 42.9 Å². The van der Waals surface area contributed by atoms with Crippen molar-refractivity contribution in [2.45, 2.75) is 44.7 Å². The van der Waals surface area contributed by atoms with Crippen molar-refractivity contribution in [1.82, 2.24) is 4.90 Å². The van der Waals surface area contributed by atoms with Gasteiger partial charge in [-0.2, -0.15) is 0 Å². The van der Waals surface area contributed by atoms with Crippen molar-refractivity contribution in [3.63, 3.8) is 0 Å². The number of guanidine groups is 1. The lowest BCUT2D eigenvalue weighted by atomic mass is 9.99. The van der Waals surface area contributed by atoms with Gasteiger partial charge in [0, 0.05) is 6.04 Å². The zero-order valence-electron chi connectivity index (χ0n) is 11.3. The maximum Gasteiger partial charge on any atom is 0.192 e. The summed E-state index contributed by atoms with van der Waals surface area (Å²) in [5.74, 6) is 0.443. The molecule has 3 rings (SSSR count). The van der Waals surface area contributed by atoms with Gasteiger partial charge in [0.05, 0.1) is 12.6 Å². The second-order valence-electron chi connectivity index (χ2n) is 5.56. The van der Waals surface area contributed by atoms with E-state index in [1.54, 1.807) is 6.07 Å². The number of hydrogen-bond donors (Lipinski definition) is 1. The first kappa shape index (κ1) is 12.5. The SMILES string of the molecule is Cc1ccc(F)cc1C1CN=C(N)N1C1CCCC1. The molecule has 1 unspecified atom stereocenters. The van der Waals surface area contributed by atoms with Crippen LogP contribution < -0.4 is 5.73 Å². The molecule has 2 N–H and O–H groups in total. The van der Waals surface area contributed by atoms with Crippen LogP contribution in [-0.4, -0.2) is 23.4 Å². The van der Waals surface area contributed by atoms with Crippen molar-refractivity contribution >= 4 is 5.96 Å². The number of rotatable bonds is 2. The molecule has 0 aromatic heterocycles. The molecule has 0 bridgehead atoms. The van der Waals surface area contributed by atoms with Gasteiger partial charge in [-0.05, 0) is 43.0 Å². The second kappa shape index (κ2) is 4.83. The first-order chi connectivity index (χ1) is 9.16. The number of hydrogen-bond acceptors (Lipinski definition) is 3. The summed E-state index contributed by atoms with van der Waals surface area (Å²) in [4.78, 5) is 6.61. The molecule has 1 aromatic rings. The third-order valence-electron chi connectivity index (χ3n) is 4.34. The highest BCUT2D eigenvalue weighted by Crippen LogP contribution is 2.35. The summed E-state index contributed by atoms with van der Waals surface area (Å²) in [5.41, 5.74) is 8.19. The van der Waals surface area contributed by atoms with E-state index in [1.807, 2.05) is 13.0 Å².